The van der Waals surface area contributed by atoms with Crippen LogP contribution in [0.2, 0.25) is 0 Å². The summed E-state index contributed by atoms with van der Waals surface area (Å²) in [6.07, 6.45) is -1.37. The van der Waals surface area contributed by atoms with Crippen molar-refractivity contribution in [3.8, 4) is 0 Å². The lowest BCUT2D eigenvalue weighted by atomic mass is 10.1. The molecule has 14 heavy (non-hydrogen) atoms. The fourth-order valence-corrected chi connectivity index (χ4v) is 1.88. The van der Waals surface area contributed by atoms with Crippen LogP contribution in [0.1, 0.15) is 23.7 Å². The zero-order valence-corrected chi connectivity index (χ0v) is 7.73. The highest BCUT2D eigenvalue weighted by Gasteiger charge is 2.33. The zero-order chi connectivity index (χ0) is 10.3. The molecule has 0 bridgehead atoms. The molecule has 1 nitrogen and oxygen atoms in total. The van der Waals surface area contributed by atoms with Crippen LogP contribution in [0.4, 0.5) is 13.2 Å². The third-order valence-corrected chi connectivity index (χ3v) is 2.51. The molecule has 1 unspecified atom stereocenters. The highest BCUT2D eigenvalue weighted by atomic mass is 19.4. The quantitative estimate of drug-likeness (QED) is 0.629. The largest absolute Gasteiger partial charge is 0.433 e. The van der Waals surface area contributed by atoms with Gasteiger partial charge in [0.15, 0.2) is 0 Å². The second-order valence-corrected chi connectivity index (χ2v) is 3.85. The number of rotatable bonds is 0. The molecule has 1 aromatic rings. The van der Waals surface area contributed by atoms with Crippen LogP contribution in [0.5, 0.6) is 0 Å². The molecule has 0 fully saturated rings. The van der Waals surface area contributed by atoms with Crippen LogP contribution in [-0.2, 0) is 19.0 Å². The summed E-state index contributed by atoms with van der Waals surface area (Å²) in [6, 6.07) is 1.18. The maximum Gasteiger partial charge on any atom is 0.433 e. The first-order valence-corrected chi connectivity index (χ1v) is 4.52. The minimum Gasteiger partial charge on any atom is -0.251 e. The van der Waals surface area contributed by atoms with Crippen LogP contribution in [0.3, 0.4) is 0 Å². The second-order valence-electron chi connectivity index (χ2n) is 3.85. The molecule has 0 aliphatic heterocycles. The van der Waals surface area contributed by atoms with E-state index in [0.29, 0.717) is 5.92 Å². The normalized spacial score (nSPS) is 21.0. The first-order chi connectivity index (χ1) is 6.47. The SMILES string of the molecule is CC1Cc2cnc(C(F)(F)F)cc2C1. The van der Waals surface area contributed by atoms with Gasteiger partial charge in [0.2, 0.25) is 0 Å². The topological polar surface area (TPSA) is 12.9 Å². The van der Waals surface area contributed by atoms with Crippen LogP contribution >= 0.6 is 0 Å². The van der Waals surface area contributed by atoms with Gasteiger partial charge in [-0.05, 0) is 36.0 Å². The highest BCUT2D eigenvalue weighted by molar-refractivity contribution is 5.32. The molecule has 0 spiro atoms. The lowest BCUT2D eigenvalue weighted by Crippen LogP contribution is -2.08. The van der Waals surface area contributed by atoms with Gasteiger partial charge in [-0.3, -0.25) is 4.98 Å². The second kappa shape index (κ2) is 2.97. The van der Waals surface area contributed by atoms with Crippen molar-refractivity contribution in [1.29, 1.82) is 0 Å². The van der Waals surface area contributed by atoms with E-state index in [1.165, 1.54) is 12.3 Å². The minimum absolute atomic E-state index is 0.440. The van der Waals surface area contributed by atoms with E-state index in [1.807, 2.05) is 6.92 Å². The van der Waals surface area contributed by atoms with Gasteiger partial charge in [-0.1, -0.05) is 6.92 Å². The average Bonchev–Trinajstić information content (AvgIpc) is 2.41. The van der Waals surface area contributed by atoms with E-state index in [2.05, 4.69) is 4.98 Å². The maximum absolute atomic E-state index is 12.3. The molecular weight excluding hydrogens is 191 g/mol. The Morgan fingerprint density at radius 3 is 2.57 bits per heavy atom. The van der Waals surface area contributed by atoms with Gasteiger partial charge in [0, 0.05) is 6.20 Å². The summed E-state index contributed by atoms with van der Waals surface area (Å²) in [4.78, 5) is 3.43. The van der Waals surface area contributed by atoms with Crippen molar-refractivity contribution in [2.24, 2.45) is 5.92 Å². The fraction of sp³-hybridized carbons (Fsp3) is 0.500. The van der Waals surface area contributed by atoms with Crippen molar-refractivity contribution < 1.29 is 13.2 Å². The smallest absolute Gasteiger partial charge is 0.251 e. The number of halogens is 3. The number of aromatic nitrogens is 1. The summed E-state index contributed by atoms with van der Waals surface area (Å²) in [5.41, 5.74) is 0.996. The van der Waals surface area contributed by atoms with Crippen molar-refractivity contribution >= 4 is 0 Å². The van der Waals surface area contributed by atoms with E-state index in [1.54, 1.807) is 0 Å². The molecule has 76 valence electrons. The predicted octanol–water partition coefficient (Wildman–Crippen LogP) is 2.84. The Morgan fingerprint density at radius 1 is 1.29 bits per heavy atom. The van der Waals surface area contributed by atoms with E-state index in [4.69, 9.17) is 0 Å². The molecule has 0 radical (unpaired) electrons. The molecule has 0 saturated carbocycles. The third-order valence-electron chi connectivity index (χ3n) is 2.51. The van der Waals surface area contributed by atoms with Crippen LogP contribution in [0.15, 0.2) is 12.3 Å². The van der Waals surface area contributed by atoms with Gasteiger partial charge in [0.1, 0.15) is 5.69 Å². The molecule has 1 aliphatic carbocycles. The van der Waals surface area contributed by atoms with Crippen LogP contribution in [-0.4, -0.2) is 4.98 Å². The third kappa shape index (κ3) is 1.61. The number of alkyl halides is 3. The molecule has 1 aliphatic rings. The van der Waals surface area contributed by atoms with Crippen molar-refractivity contribution in [2.75, 3.05) is 0 Å². The van der Waals surface area contributed by atoms with Crippen molar-refractivity contribution in [1.82, 2.24) is 4.98 Å². The summed E-state index contributed by atoms with van der Waals surface area (Å²) in [5, 5.41) is 0. The van der Waals surface area contributed by atoms with Crippen molar-refractivity contribution in [2.45, 2.75) is 25.9 Å². The highest BCUT2D eigenvalue weighted by Crippen LogP contribution is 2.32. The van der Waals surface area contributed by atoms with Gasteiger partial charge in [0.05, 0.1) is 0 Å². The summed E-state index contributed by atoms with van der Waals surface area (Å²) in [6.45, 7) is 2.03. The number of hydrogen-bond acceptors (Lipinski definition) is 1. The molecule has 1 atom stereocenters. The minimum atomic E-state index is -4.32. The Kier molecular flexibility index (Phi) is 2.01. The summed E-state index contributed by atoms with van der Waals surface area (Å²) < 4.78 is 36.9. The number of nitrogens with zero attached hydrogens (tertiary/aromatic N) is 1. The van der Waals surface area contributed by atoms with Crippen LogP contribution in [0.25, 0.3) is 0 Å². The number of pyridine rings is 1. The molecule has 0 saturated heterocycles. The van der Waals surface area contributed by atoms with Crippen molar-refractivity contribution in [3.63, 3.8) is 0 Å². The fourth-order valence-electron chi connectivity index (χ4n) is 1.88. The molecular formula is C10H10F3N. The van der Waals surface area contributed by atoms with E-state index in [-0.39, 0.29) is 0 Å². The lowest BCUT2D eigenvalue weighted by molar-refractivity contribution is -0.141. The van der Waals surface area contributed by atoms with Gasteiger partial charge in [-0.25, -0.2) is 0 Å². The van der Waals surface area contributed by atoms with Crippen LogP contribution in [0, 0.1) is 5.92 Å². The Bertz CT molecular complexity index is 357. The zero-order valence-electron chi connectivity index (χ0n) is 7.73. The molecule has 1 heterocycles. The van der Waals surface area contributed by atoms with Crippen molar-refractivity contribution in [3.05, 3.63) is 29.1 Å². The molecule has 1 aromatic heterocycles. The van der Waals surface area contributed by atoms with Crippen LogP contribution < -0.4 is 0 Å². The molecule has 4 heteroatoms. The monoisotopic (exact) mass is 201 g/mol. The summed E-state index contributed by atoms with van der Waals surface area (Å²) >= 11 is 0. The van der Waals surface area contributed by atoms with Gasteiger partial charge in [0.25, 0.3) is 0 Å². The maximum atomic E-state index is 12.3. The van der Waals surface area contributed by atoms with E-state index < -0.39 is 11.9 Å². The number of fused-ring (bicyclic) bond motifs is 1. The Labute approximate surface area is 80.0 Å². The Morgan fingerprint density at radius 2 is 1.93 bits per heavy atom. The molecule has 0 N–H and O–H groups in total. The molecule has 0 aromatic carbocycles. The first-order valence-electron chi connectivity index (χ1n) is 4.52. The predicted molar refractivity (Wildman–Crippen MR) is 45.8 cm³/mol. The lowest BCUT2D eigenvalue weighted by Gasteiger charge is -2.06. The van der Waals surface area contributed by atoms with Gasteiger partial charge in [-0.2, -0.15) is 13.2 Å². The van der Waals surface area contributed by atoms with E-state index in [0.717, 1.165) is 24.0 Å². The Balaban J connectivity index is 2.38. The molecule has 2 rings (SSSR count). The Hall–Kier alpha value is -1.06. The van der Waals surface area contributed by atoms with Gasteiger partial charge < -0.3 is 0 Å². The first kappa shape index (κ1) is 9.49. The van der Waals surface area contributed by atoms with E-state index >= 15 is 0 Å². The van der Waals surface area contributed by atoms with Gasteiger partial charge in [-0.15, -0.1) is 0 Å². The standard InChI is InChI=1S/C10H10F3N/c1-6-2-7-4-9(10(11,12)13)14-5-8(7)3-6/h4-6H,2-3H2,1H3. The van der Waals surface area contributed by atoms with E-state index in [9.17, 15) is 13.2 Å². The molecule has 0 amide bonds. The number of hydrogen-bond donors (Lipinski definition) is 0. The summed E-state index contributed by atoms with van der Waals surface area (Å²) in [7, 11) is 0. The average molecular weight is 201 g/mol. The summed E-state index contributed by atoms with van der Waals surface area (Å²) in [5.74, 6) is 0.440. The van der Waals surface area contributed by atoms with Gasteiger partial charge >= 0.3 is 6.18 Å².